The molecule has 13 heavy (non-hydrogen) atoms. The van der Waals surface area contributed by atoms with Crippen LogP contribution in [0.25, 0.3) is 0 Å². The molecule has 1 aromatic heterocycles. The van der Waals surface area contributed by atoms with Crippen LogP contribution < -0.4 is 5.84 Å². The van der Waals surface area contributed by atoms with Crippen molar-refractivity contribution >= 4 is 0 Å². The predicted octanol–water partition coefficient (Wildman–Crippen LogP) is 0.103. The molecule has 2 N–H and O–H groups in total. The Kier molecular flexibility index (Phi) is 1.74. The van der Waals surface area contributed by atoms with Crippen LogP contribution in [0.1, 0.15) is 17.3 Å². The third-order valence-corrected chi connectivity index (χ3v) is 2.55. The number of hydrogen-bond acceptors (Lipinski definition) is 3. The van der Waals surface area contributed by atoms with E-state index in [1.807, 2.05) is 6.07 Å². The van der Waals surface area contributed by atoms with Crippen LogP contribution in [0.15, 0.2) is 12.1 Å². The smallest absolute Gasteiger partial charge is 0.139 e. The maximum Gasteiger partial charge on any atom is 0.139 e. The summed E-state index contributed by atoms with van der Waals surface area (Å²) in [5.41, 5.74) is 1.60. The summed E-state index contributed by atoms with van der Waals surface area (Å²) in [6.07, 6.45) is 0. The second-order valence-electron chi connectivity index (χ2n) is 3.54. The molecule has 1 aromatic rings. The highest BCUT2D eigenvalue weighted by Crippen LogP contribution is 2.25. The molecule has 4 heteroatoms. The zero-order chi connectivity index (χ0) is 9.42. The fourth-order valence-corrected chi connectivity index (χ4v) is 1.77. The van der Waals surface area contributed by atoms with Crippen LogP contribution in [-0.4, -0.2) is 29.7 Å². The van der Waals surface area contributed by atoms with Crippen LogP contribution in [-0.2, 0) is 0 Å². The zero-order valence-electron chi connectivity index (χ0n) is 7.57. The first-order valence-electron chi connectivity index (χ1n) is 4.27. The molecular weight excluding hydrogens is 164 g/mol. The fraction of sp³-hybridized carbons (Fsp3) is 0.444. The van der Waals surface area contributed by atoms with Gasteiger partial charge in [0.25, 0.3) is 0 Å². The lowest BCUT2D eigenvalue weighted by Crippen LogP contribution is -2.43. The molecule has 1 saturated heterocycles. The van der Waals surface area contributed by atoms with Gasteiger partial charge in [-0.05, 0) is 19.2 Å². The van der Waals surface area contributed by atoms with E-state index in [1.54, 1.807) is 6.07 Å². The Morgan fingerprint density at radius 2 is 2.23 bits per heavy atom. The Bertz CT molecular complexity index is 354. The quantitative estimate of drug-likeness (QED) is 0.617. The van der Waals surface area contributed by atoms with Gasteiger partial charge in [0, 0.05) is 24.7 Å². The number of aromatic nitrogens is 1. The van der Waals surface area contributed by atoms with Crippen molar-refractivity contribution in [3.05, 3.63) is 23.5 Å². The average molecular weight is 176 g/mol. The summed E-state index contributed by atoms with van der Waals surface area (Å²) >= 11 is 0. The molecule has 0 aliphatic carbocycles. The monoisotopic (exact) mass is 176 g/mol. The van der Waals surface area contributed by atoms with Crippen LogP contribution in [0.4, 0.5) is 0 Å². The van der Waals surface area contributed by atoms with Gasteiger partial charge in [-0.15, -0.1) is 0 Å². The summed E-state index contributed by atoms with van der Waals surface area (Å²) in [7, 11) is 2.07. The third kappa shape index (κ3) is 1.18. The molecule has 1 aliphatic rings. The van der Waals surface area contributed by atoms with Gasteiger partial charge in [0.15, 0.2) is 0 Å². The molecule has 4 nitrogen and oxygen atoms in total. The van der Waals surface area contributed by atoms with Gasteiger partial charge in [0.1, 0.15) is 11.8 Å². The number of nitrogens with zero attached hydrogens (tertiary/aromatic N) is 3. The number of nitrogens with two attached hydrogens (primary N) is 1. The Labute approximate surface area is 77.1 Å². The maximum atomic E-state index is 8.70. The molecule has 1 fully saturated rings. The van der Waals surface area contributed by atoms with Gasteiger partial charge in [0.2, 0.25) is 0 Å². The molecule has 0 aromatic carbocycles. The Morgan fingerprint density at radius 1 is 1.54 bits per heavy atom. The van der Waals surface area contributed by atoms with Crippen molar-refractivity contribution in [1.82, 2.24) is 9.58 Å². The van der Waals surface area contributed by atoms with Gasteiger partial charge in [-0.2, -0.15) is 5.26 Å². The van der Waals surface area contributed by atoms with E-state index in [4.69, 9.17) is 11.1 Å². The highest BCUT2D eigenvalue weighted by molar-refractivity contribution is 5.30. The third-order valence-electron chi connectivity index (χ3n) is 2.55. The molecule has 0 atom stereocenters. The summed E-state index contributed by atoms with van der Waals surface area (Å²) in [5.74, 6) is 6.24. The van der Waals surface area contributed by atoms with E-state index in [2.05, 4.69) is 18.0 Å². The van der Waals surface area contributed by atoms with Gasteiger partial charge >= 0.3 is 0 Å². The molecule has 2 rings (SSSR count). The van der Waals surface area contributed by atoms with E-state index >= 15 is 0 Å². The first-order valence-corrected chi connectivity index (χ1v) is 4.27. The van der Waals surface area contributed by atoms with Gasteiger partial charge in [-0.3, -0.25) is 4.68 Å². The number of hydrogen-bond donors (Lipinski definition) is 1. The predicted molar refractivity (Wildman–Crippen MR) is 49.5 cm³/mol. The normalized spacial score (nSPS) is 18.2. The van der Waals surface area contributed by atoms with Crippen molar-refractivity contribution in [1.29, 1.82) is 5.26 Å². The Balaban J connectivity index is 2.23. The van der Waals surface area contributed by atoms with Crippen molar-refractivity contribution in [2.45, 2.75) is 5.92 Å². The van der Waals surface area contributed by atoms with E-state index in [1.165, 1.54) is 4.68 Å². The number of rotatable bonds is 1. The molecule has 0 saturated carbocycles. The summed E-state index contributed by atoms with van der Waals surface area (Å²) in [4.78, 5) is 2.23. The lowest BCUT2D eigenvalue weighted by atomic mass is 9.97. The van der Waals surface area contributed by atoms with Gasteiger partial charge in [0.05, 0.1) is 0 Å². The average Bonchev–Trinajstić information content (AvgIpc) is 2.41. The number of likely N-dealkylation sites (tertiary alicyclic amines) is 1. The minimum atomic E-state index is 0.497. The largest absolute Gasteiger partial charge is 0.338 e. The lowest BCUT2D eigenvalue weighted by molar-refractivity contribution is 0.185. The first kappa shape index (κ1) is 8.14. The molecule has 0 bridgehead atoms. The van der Waals surface area contributed by atoms with Gasteiger partial charge in [-0.25, -0.2) is 0 Å². The Hall–Kier alpha value is -1.47. The fourth-order valence-electron chi connectivity index (χ4n) is 1.77. The topological polar surface area (TPSA) is 58.0 Å². The van der Waals surface area contributed by atoms with Crippen molar-refractivity contribution in [3.63, 3.8) is 0 Å². The van der Waals surface area contributed by atoms with Crippen molar-refractivity contribution in [2.75, 3.05) is 26.0 Å². The molecule has 2 heterocycles. The van der Waals surface area contributed by atoms with E-state index in [-0.39, 0.29) is 0 Å². The van der Waals surface area contributed by atoms with E-state index in [9.17, 15) is 0 Å². The summed E-state index contributed by atoms with van der Waals surface area (Å²) in [6.45, 7) is 2.07. The van der Waals surface area contributed by atoms with E-state index < -0.39 is 0 Å². The minimum absolute atomic E-state index is 0.497. The van der Waals surface area contributed by atoms with Crippen LogP contribution in [0.5, 0.6) is 0 Å². The molecule has 0 unspecified atom stereocenters. The molecule has 0 spiro atoms. The zero-order valence-corrected chi connectivity index (χ0v) is 7.57. The van der Waals surface area contributed by atoms with Crippen LogP contribution in [0.2, 0.25) is 0 Å². The first-order chi connectivity index (χ1) is 6.22. The molecule has 68 valence electrons. The SMILES string of the molecule is CN1CC(c2ccc(C#N)n2N)C1. The molecule has 0 radical (unpaired) electrons. The minimum Gasteiger partial charge on any atom is -0.338 e. The molecule has 1 aliphatic heterocycles. The van der Waals surface area contributed by atoms with Crippen LogP contribution in [0, 0.1) is 11.3 Å². The summed E-state index contributed by atoms with van der Waals surface area (Å²) in [5, 5.41) is 8.70. The Morgan fingerprint density at radius 3 is 2.69 bits per heavy atom. The number of likely N-dealkylation sites (N-methyl/N-ethyl adjacent to an activating group) is 1. The van der Waals surface area contributed by atoms with Crippen LogP contribution >= 0.6 is 0 Å². The second-order valence-corrected chi connectivity index (χ2v) is 3.54. The van der Waals surface area contributed by atoms with Gasteiger partial charge < -0.3 is 10.7 Å². The highest BCUT2D eigenvalue weighted by atomic mass is 15.3. The van der Waals surface area contributed by atoms with Crippen molar-refractivity contribution in [2.24, 2.45) is 0 Å². The second kappa shape index (κ2) is 2.79. The van der Waals surface area contributed by atoms with E-state index in [0.717, 1.165) is 18.8 Å². The molecular formula is C9H12N4. The number of nitriles is 1. The maximum absolute atomic E-state index is 8.70. The number of nitrogen functional groups attached to an aromatic ring is 1. The van der Waals surface area contributed by atoms with Crippen molar-refractivity contribution < 1.29 is 0 Å². The standard InChI is InChI=1S/C9H12N4/c1-12-5-7(6-12)9-3-2-8(4-10)13(9)11/h2-3,7H,5-6,11H2,1H3. The van der Waals surface area contributed by atoms with Gasteiger partial charge in [-0.1, -0.05) is 0 Å². The highest BCUT2D eigenvalue weighted by Gasteiger charge is 2.27. The summed E-state index contributed by atoms with van der Waals surface area (Å²) < 4.78 is 1.50. The van der Waals surface area contributed by atoms with Crippen molar-refractivity contribution in [3.8, 4) is 6.07 Å². The van der Waals surface area contributed by atoms with Crippen LogP contribution in [0.3, 0.4) is 0 Å². The van der Waals surface area contributed by atoms with E-state index in [0.29, 0.717) is 11.6 Å². The molecule has 0 amide bonds. The summed E-state index contributed by atoms with van der Waals surface area (Å²) in [6, 6.07) is 5.77. The lowest BCUT2D eigenvalue weighted by Gasteiger charge is -2.36.